The second-order valence-corrected chi connectivity index (χ2v) is 5.03. The van der Waals surface area contributed by atoms with E-state index in [1.807, 2.05) is 12.1 Å². The van der Waals surface area contributed by atoms with Crippen LogP contribution in [0.4, 0.5) is 5.69 Å². The minimum atomic E-state index is -0.728. The molecule has 1 aromatic rings. The number of carboxylic acid groups (broad SMARTS) is 1. The van der Waals surface area contributed by atoms with Gasteiger partial charge in [0.1, 0.15) is 0 Å². The van der Waals surface area contributed by atoms with Crippen molar-refractivity contribution in [2.75, 3.05) is 24.5 Å². The third-order valence-electron chi connectivity index (χ3n) is 3.46. The molecule has 1 saturated heterocycles. The van der Waals surface area contributed by atoms with E-state index in [0.717, 1.165) is 12.2 Å². The van der Waals surface area contributed by atoms with Gasteiger partial charge < -0.3 is 15.3 Å². The van der Waals surface area contributed by atoms with Gasteiger partial charge in [-0.2, -0.15) is 0 Å². The van der Waals surface area contributed by atoms with Crippen molar-refractivity contribution in [1.82, 2.24) is 5.32 Å². The van der Waals surface area contributed by atoms with Crippen molar-refractivity contribution in [2.45, 2.75) is 19.9 Å². The van der Waals surface area contributed by atoms with E-state index in [9.17, 15) is 9.90 Å². The molecule has 4 nitrogen and oxygen atoms in total. The Kier molecular flexibility index (Phi) is 3.87. The Morgan fingerprint density at radius 3 is 2.89 bits per heavy atom. The van der Waals surface area contributed by atoms with E-state index in [-0.39, 0.29) is 5.92 Å². The lowest BCUT2D eigenvalue weighted by Crippen LogP contribution is -2.39. The molecule has 4 heteroatoms. The molecule has 2 atom stereocenters. The number of hydrogen-bond acceptors (Lipinski definition) is 3. The monoisotopic (exact) mass is 248 g/mol. The van der Waals surface area contributed by atoms with Gasteiger partial charge in [-0.3, -0.25) is 4.79 Å². The number of anilines is 1. The average molecular weight is 248 g/mol. The molecule has 98 valence electrons. The van der Waals surface area contributed by atoms with Gasteiger partial charge >= 0.3 is 5.97 Å². The highest BCUT2D eigenvalue weighted by Crippen LogP contribution is 2.21. The van der Waals surface area contributed by atoms with Gasteiger partial charge in [0.15, 0.2) is 0 Å². The van der Waals surface area contributed by atoms with Gasteiger partial charge in [-0.25, -0.2) is 0 Å². The molecule has 2 unspecified atom stereocenters. The van der Waals surface area contributed by atoms with Gasteiger partial charge in [-0.15, -0.1) is 0 Å². The van der Waals surface area contributed by atoms with Crippen molar-refractivity contribution in [3.05, 3.63) is 29.8 Å². The van der Waals surface area contributed by atoms with Crippen LogP contribution in [0.3, 0.4) is 0 Å². The first-order valence-electron chi connectivity index (χ1n) is 6.35. The number of carbonyl (C=O) groups is 1. The van der Waals surface area contributed by atoms with Gasteiger partial charge in [0, 0.05) is 31.4 Å². The van der Waals surface area contributed by atoms with E-state index in [0.29, 0.717) is 19.1 Å². The molecule has 0 spiro atoms. The Labute approximate surface area is 108 Å². The van der Waals surface area contributed by atoms with Crippen LogP contribution in [0.2, 0.25) is 0 Å². The Morgan fingerprint density at radius 1 is 1.44 bits per heavy atom. The number of aryl methyl sites for hydroxylation is 1. The first-order chi connectivity index (χ1) is 8.58. The summed E-state index contributed by atoms with van der Waals surface area (Å²) in [5.74, 6) is -1.08. The lowest BCUT2D eigenvalue weighted by Gasteiger charge is -2.30. The maximum atomic E-state index is 11.2. The Balaban J connectivity index is 2.25. The molecule has 0 aliphatic carbocycles. The fourth-order valence-electron chi connectivity index (χ4n) is 2.39. The summed E-state index contributed by atoms with van der Waals surface area (Å²) in [5, 5.41) is 12.4. The van der Waals surface area contributed by atoms with Crippen molar-refractivity contribution in [3.63, 3.8) is 0 Å². The molecule has 0 amide bonds. The summed E-state index contributed by atoms with van der Waals surface area (Å²) in [4.78, 5) is 13.4. The minimum absolute atomic E-state index is 0.302. The Hall–Kier alpha value is -1.55. The maximum absolute atomic E-state index is 11.2. The normalized spacial score (nSPS) is 24.7. The Morgan fingerprint density at radius 2 is 2.22 bits per heavy atom. The Bertz CT molecular complexity index is 434. The first kappa shape index (κ1) is 12.9. The summed E-state index contributed by atoms with van der Waals surface area (Å²) in [5.41, 5.74) is 2.31. The van der Waals surface area contributed by atoms with E-state index in [1.54, 1.807) is 0 Å². The molecule has 0 bridgehead atoms. The standard InChI is InChI=1S/C14H20N2O2/c1-10-4-3-5-13(6-10)16-9-12(14(17)18)8-15-7-11(16)2/h3-6,11-12,15H,7-9H2,1-2H3,(H,17,18). The molecule has 2 N–H and O–H groups in total. The summed E-state index contributed by atoms with van der Waals surface area (Å²) in [7, 11) is 0. The molecular formula is C14H20N2O2. The van der Waals surface area contributed by atoms with Gasteiger partial charge in [-0.1, -0.05) is 12.1 Å². The lowest BCUT2D eigenvalue weighted by atomic mass is 10.1. The number of aliphatic carboxylic acids is 1. The van der Waals surface area contributed by atoms with Crippen molar-refractivity contribution in [3.8, 4) is 0 Å². The zero-order chi connectivity index (χ0) is 13.1. The van der Waals surface area contributed by atoms with Crippen LogP contribution in [0.1, 0.15) is 12.5 Å². The number of carboxylic acids is 1. The van der Waals surface area contributed by atoms with Crippen LogP contribution in [0.15, 0.2) is 24.3 Å². The van der Waals surface area contributed by atoms with Crippen LogP contribution >= 0.6 is 0 Å². The largest absolute Gasteiger partial charge is 0.481 e. The first-order valence-corrected chi connectivity index (χ1v) is 6.35. The van der Waals surface area contributed by atoms with Crippen LogP contribution in [0, 0.1) is 12.8 Å². The summed E-state index contributed by atoms with van der Waals surface area (Å²) in [6.45, 7) is 6.10. The molecule has 1 fully saturated rings. The van der Waals surface area contributed by atoms with Crippen molar-refractivity contribution < 1.29 is 9.90 Å². The molecule has 1 aliphatic heterocycles. The fraction of sp³-hybridized carbons (Fsp3) is 0.500. The molecular weight excluding hydrogens is 228 g/mol. The summed E-state index contributed by atoms with van der Waals surface area (Å²) >= 11 is 0. The average Bonchev–Trinajstić information content (AvgIpc) is 2.51. The summed E-state index contributed by atoms with van der Waals surface area (Å²) < 4.78 is 0. The highest BCUT2D eigenvalue weighted by molar-refractivity contribution is 5.71. The van der Waals surface area contributed by atoms with Gasteiger partial charge in [0.05, 0.1) is 5.92 Å². The fourth-order valence-corrected chi connectivity index (χ4v) is 2.39. The molecule has 1 aliphatic rings. The number of benzene rings is 1. The van der Waals surface area contributed by atoms with E-state index in [1.165, 1.54) is 5.56 Å². The predicted octanol–water partition coefficient (Wildman–Crippen LogP) is 1.49. The van der Waals surface area contributed by atoms with Crippen LogP contribution in [-0.4, -0.2) is 36.8 Å². The molecule has 18 heavy (non-hydrogen) atoms. The van der Waals surface area contributed by atoms with Crippen LogP contribution in [0.25, 0.3) is 0 Å². The lowest BCUT2D eigenvalue weighted by molar-refractivity contribution is -0.141. The second kappa shape index (κ2) is 5.40. The van der Waals surface area contributed by atoms with Crippen LogP contribution < -0.4 is 10.2 Å². The number of nitrogens with one attached hydrogen (secondary N) is 1. The zero-order valence-electron chi connectivity index (χ0n) is 10.9. The molecule has 0 saturated carbocycles. The van der Waals surface area contributed by atoms with Gasteiger partial charge in [-0.05, 0) is 31.5 Å². The number of hydrogen-bond donors (Lipinski definition) is 2. The summed E-state index contributed by atoms with van der Waals surface area (Å²) in [6, 6.07) is 8.54. The van der Waals surface area contributed by atoms with Crippen molar-refractivity contribution >= 4 is 11.7 Å². The highest BCUT2D eigenvalue weighted by Gasteiger charge is 2.27. The number of nitrogens with zero attached hydrogens (tertiary/aromatic N) is 1. The van der Waals surface area contributed by atoms with E-state index in [4.69, 9.17) is 0 Å². The maximum Gasteiger partial charge on any atom is 0.309 e. The number of rotatable bonds is 2. The van der Waals surface area contributed by atoms with Crippen molar-refractivity contribution in [2.24, 2.45) is 5.92 Å². The molecule has 0 radical (unpaired) electrons. The second-order valence-electron chi connectivity index (χ2n) is 5.03. The SMILES string of the molecule is Cc1cccc(N2CC(C(=O)O)CNCC2C)c1. The highest BCUT2D eigenvalue weighted by atomic mass is 16.4. The third kappa shape index (κ3) is 2.82. The molecule has 1 aromatic carbocycles. The van der Waals surface area contributed by atoms with Gasteiger partial charge in [0.2, 0.25) is 0 Å². The third-order valence-corrected chi connectivity index (χ3v) is 3.46. The predicted molar refractivity (Wildman–Crippen MR) is 72.0 cm³/mol. The molecule has 0 aromatic heterocycles. The van der Waals surface area contributed by atoms with Crippen LogP contribution in [0.5, 0.6) is 0 Å². The summed E-state index contributed by atoms with van der Waals surface area (Å²) in [6.07, 6.45) is 0. The molecule has 1 heterocycles. The smallest absolute Gasteiger partial charge is 0.309 e. The minimum Gasteiger partial charge on any atom is -0.481 e. The topological polar surface area (TPSA) is 52.6 Å². The van der Waals surface area contributed by atoms with Crippen LogP contribution in [-0.2, 0) is 4.79 Å². The molecule has 2 rings (SSSR count). The van der Waals surface area contributed by atoms with E-state index >= 15 is 0 Å². The quantitative estimate of drug-likeness (QED) is 0.832. The van der Waals surface area contributed by atoms with Crippen molar-refractivity contribution in [1.29, 1.82) is 0 Å². The zero-order valence-corrected chi connectivity index (χ0v) is 10.9. The van der Waals surface area contributed by atoms with Gasteiger partial charge in [0.25, 0.3) is 0 Å². The van der Waals surface area contributed by atoms with E-state index < -0.39 is 5.97 Å². The van der Waals surface area contributed by atoms with E-state index in [2.05, 4.69) is 36.2 Å².